The number of piperazine rings is 1. The van der Waals surface area contributed by atoms with E-state index in [1.807, 2.05) is 7.05 Å². The molecular weight excluding hydrogens is 517 g/mol. The van der Waals surface area contributed by atoms with Gasteiger partial charge < -0.3 is 25.0 Å². The SMILES string of the molecule is CCN1CCN(Cc2ccccc2CNC(=NC)NCCCOCC2CCOC2)CC1.I. The van der Waals surface area contributed by atoms with E-state index in [1.54, 1.807) is 0 Å². The minimum absolute atomic E-state index is 0. The van der Waals surface area contributed by atoms with Gasteiger partial charge in [0.25, 0.3) is 0 Å². The van der Waals surface area contributed by atoms with E-state index in [4.69, 9.17) is 9.47 Å². The Labute approximate surface area is 211 Å². The summed E-state index contributed by atoms with van der Waals surface area (Å²) in [6.45, 7) is 14.0. The Balaban J connectivity index is 0.00000363. The fourth-order valence-electron chi connectivity index (χ4n) is 4.13. The lowest BCUT2D eigenvalue weighted by atomic mass is 10.1. The Morgan fingerprint density at radius 3 is 2.56 bits per heavy atom. The average molecular weight is 560 g/mol. The summed E-state index contributed by atoms with van der Waals surface area (Å²) >= 11 is 0. The molecule has 0 radical (unpaired) electrons. The summed E-state index contributed by atoms with van der Waals surface area (Å²) < 4.78 is 11.2. The Kier molecular flexibility index (Phi) is 13.5. The fraction of sp³-hybridized carbons (Fsp3) is 0.708. The number of ether oxygens (including phenoxy) is 2. The summed E-state index contributed by atoms with van der Waals surface area (Å²) in [5, 5.41) is 6.87. The van der Waals surface area contributed by atoms with E-state index in [1.165, 1.54) is 24.2 Å². The number of halogens is 1. The summed E-state index contributed by atoms with van der Waals surface area (Å²) in [5.74, 6) is 1.42. The van der Waals surface area contributed by atoms with Gasteiger partial charge >= 0.3 is 0 Å². The summed E-state index contributed by atoms with van der Waals surface area (Å²) in [5.41, 5.74) is 2.74. The van der Waals surface area contributed by atoms with Crippen molar-refractivity contribution in [3.8, 4) is 0 Å². The van der Waals surface area contributed by atoms with Crippen LogP contribution in [0.15, 0.2) is 29.3 Å². The van der Waals surface area contributed by atoms with Gasteiger partial charge in [-0.15, -0.1) is 24.0 Å². The van der Waals surface area contributed by atoms with Crippen molar-refractivity contribution >= 4 is 29.9 Å². The van der Waals surface area contributed by atoms with Crippen molar-refractivity contribution in [2.75, 3.05) is 72.7 Å². The van der Waals surface area contributed by atoms with Crippen LogP contribution in [-0.2, 0) is 22.6 Å². The van der Waals surface area contributed by atoms with Crippen molar-refractivity contribution in [2.45, 2.75) is 32.9 Å². The molecule has 2 aliphatic heterocycles. The van der Waals surface area contributed by atoms with Crippen LogP contribution in [0.4, 0.5) is 0 Å². The van der Waals surface area contributed by atoms with Gasteiger partial charge in [-0.2, -0.15) is 0 Å². The molecule has 3 rings (SSSR count). The Bertz CT molecular complexity index is 662. The lowest BCUT2D eigenvalue weighted by Crippen LogP contribution is -2.45. The average Bonchev–Trinajstić information content (AvgIpc) is 3.33. The first-order valence-electron chi connectivity index (χ1n) is 11.9. The molecule has 32 heavy (non-hydrogen) atoms. The van der Waals surface area contributed by atoms with Crippen LogP contribution in [0.5, 0.6) is 0 Å². The van der Waals surface area contributed by atoms with E-state index < -0.39 is 0 Å². The highest BCUT2D eigenvalue weighted by molar-refractivity contribution is 14.0. The summed E-state index contributed by atoms with van der Waals surface area (Å²) in [6, 6.07) is 8.75. The minimum Gasteiger partial charge on any atom is -0.381 e. The maximum Gasteiger partial charge on any atom is 0.191 e. The van der Waals surface area contributed by atoms with Gasteiger partial charge in [-0.25, -0.2) is 0 Å². The first-order chi connectivity index (χ1) is 15.3. The third kappa shape index (κ3) is 9.51. The summed E-state index contributed by atoms with van der Waals surface area (Å²) in [7, 11) is 1.82. The number of likely N-dealkylation sites (N-methyl/N-ethyl adjacent to an activating group) is 1. The van der Waals surface area contributed by atoms with Gasteiger partial charge in [-0.05, 0) is 30.5 Å². The number of aliphatic imine (C=N–C) groups is 1. The number of hydrogen-bond acceptors (Lipinski definition) is 5. The topological polar surface area (TPSA) is 61.4 Å². The zero-order valence-electron chi connectivity index (χ0n) is 19.9. The van der Waals surface area contributed by atoms with Crippen LogP contribution < -0.4 is 10.6 Å². The fourth-order valence-corrected chi connectivity index (χ4v) is 4.13. The molecule has 0 saturated carbocycles. The van der Waals surface area contributed by atoms with Crippen LogP contribution in [0.25, 0.3) is 0 Å². The van der Waals surface area contributed by atoms with Gasteiger partial charge in [0.1, 0.15) is 0 Å². The van der Waals surface area contributed by atoms with Gasteiger partial charge in [-0.3, -0.25) is 9.89 Å². The first kappa shape index (κ1) is 27.3. The molecule has 1 aromatic carbocycles. The zero-order valence-corrected chi connectivity index (χ0v) is 22.2. The molecular formula is C24H42IN5O2. The van der Waals surface area contributed by atoms with Crippen molar-refractivity contribution in [3.05, 3.63) is 35.4 Å². The van der Waals surface area contributed by atoms with Gasteiger partial charge in [-0.1, -0.05) is 31.2 Å². The minimum atomic E-state index is 0. The van der Waals surface area contributed by atoms with Crippen molar-refractivity contribution in [1.29, 1.82) is 0 Å². The highest BCUT2D eigenvalue weighted by Gasteiger charge is 2.17. The number of nitrogens with zero attached hydrogens (tertiary/aromatic N) is 3. The van der Waals surface area contributed by atoms with Gasteiger partial charge in [0, 0.05) is 72.0 Å². The number of rotatable bonds is 11. The summed E-state index contributed by atoms with van der Waals surface area (Å²) in [6.07, 6.45) is 2.10. The van der Waals surface area contributed by atoms with Crippen LogP contribution in [0, 0.1) is 5.92 Å². The van der Waals surface area contributed by atoms with Crippen LogP contribution >= 0.6 is 24.0 Å². The van der Waals surface area contributed by atoms with Crippen LogP contribution in [-0.4, -0.2) is 88.5 Å². The van der Waals surface area contributed by atoms with E-state index in [9.17, 15) is 0 Å². The normalized spacial score (nSPS) is 20.2. The Morgan fingerprint density at radius 1 is 1.12 bits per heavy atom. The van der Waals surface area contributed by atoms with E-state index >= 15 is 0 Å². The lowest BCUT2D eigenvalue weighted by Gasteiger charge is -2.34. The quantitative estimate of drug-likeness (QED) is 0.188. The molecule has 2 N–H and O–H groups in total. The monoisotopic (exact) mass is 559 g/mol. The van der Waals surface area contributed by atoms with E-state index in [0.29, 0.717) is 5.92 Å². The highest BCUT2D eigenvalue weighted by Crippen LogP contribution is 2.14. The maximum absolute atomic E-state index is 5.78. The van der Waals surface area contributed by atoms with Crippen LogP contribution in [0.2, 0.25) is 0 Å². The number of nitrogens with one attached hydrogen (secondary N) is 2. The number of benzene rings is 1. The number of hydrogen-bond donors (Lipinski definition) is 2. The predicted molar refractivity (Wildman–Crippen MR) is 142 cm³/mol. The molecule has 2 fully saturated rings. The molecule has 0 amide bonds. The standard InChI is InChI=1S/C24H41N5O2.HI/c1-3-28-11-13-29(14-12-28)18-23-8-5-4-7-22(23)17-27-24(25-2)26-10-6-15-30-19-21-9-16-31-20-21;/h4-5,7-8,21H,3,6,9-20H2,1-2H3,(H2,25,26,27);1H. The molecule has 2 saturated heterocycles. The van der Waals surface area contributed by atoms with Crippen molar-refractivity contribution in [1.82, 2.24) is 20.4 Å². The van der Waals surface area contributed by atoms with E-state index in [-0.39, 0.29) is 24.0 Å². The summed E-state index contributed by atoms with van der Waals surface area (Å²) in [4.78, 5) is 9.46. The zero-order chi connectivity index (χ0) is 21.7. The third-order valence-corrected chi connectivity index (χ3v) is 6.23. The molecule has 0 spiro atoms. The molecule has 1 unspecified atom stereocenters. The first-order valence-corrected chi connectivity index (χ1v) is 11.9. The lowest BCUT2D eigenvalue weighted by molar-refractivity contribution is 0.0888. The molecule has 7 nitrogen and oxygen atoms in total. The molecule has 182 valence electrons. The Hall–Kier alpha value is -0.940. The molecule has 0 aliphatic carbocycles. The third-order valence-electron chi connectivity index (χ3n) is 6.23. The van der Waals surface area contributed by atoms with E-state index in [0.717, 1.165) is 84.5 Å². The second kappa shape index (κ2) is 15.8. The molecule has 1 atom stereocenters. The largest absolute Gasteiger partial charge is 0.381 e. The molecule has 0 bridgehead atoms. The molecule has 1 aromatic rings. The smallest absolute Gasteiger partial charge is 0.191 e. The van der Waals surface area contributed by atoms with Gasteiger partial charge in [0.05, 0.1) is 13.2 Å². The van der Waals surface area contributed by atoms with Gasteiger partial charge in [0.2, 0.25) is 0 Å². The second-order valence-corrected chi connectivity index (χ2v) is 8.49. The second-order valence-electron chi connectivity index (χ2n) is 8.49. The molecule has 8 heteroatoms. The molecule has 0 aromatic heterocycles. The van der Waals surface area contributed by atoms with Crippen molar-refractivity contribution in [2.24, 2.45) is 10.9 Å². The maximum atomic E-state index is 5.78. The van der Waals surface area contributed by atoms with Crippen molar-refractivity contribution in [3.63, 3.8) is 0 Å². The highest BCUT2D eigenvalue weighted by atomic mass is 127. The van der Waals surface area contributed by atoms with E-state index in [2.05, 4.69) is 56.6 Å². The predicted octanol–water partition coefficient (Wildman–Crippen LogP) is 2.55. The molecule has 2 aliphatic rings. The molecule has 2 heterocycles. The Morgan fingerprint density at radius 2 is 1.88 bits per heavy atom. The van der Waals surface area contributed by atoms with Crippen molar-refractivity contribution < 1.29 is 9.47 Å². The van der Waals surface area contributed by atoms with Crippen LogP contribution in [0.1, 0.15) is 30.9 Å². The van der Waals surface area contributed by atoms with Crippen LogP contribution in [0.3, 0.4) is 0 Å². The number of guanidine groups is 1. The van der Waals surface area contributed by atoms with Gasteiger partial charge in [0.15, 0.2) is 5.96 Å².